The van der Waals surface area contributed by atoms with Crippen molar-refractivity contribution in [3.8, 4) is 0 Å². The van der Waals surface area contributed by atoms with Crippen LogP contribution in [0, 0.1) is 12.8 Å². The normalized spacial score (nSPS) is 16.3. The molecule has 0 aromatic heterocycles. The molecule has 0 heterocycles. The maximum Gasteiger partial charge on any atom is 0.0494 e. The highest BCUT2D eigenvalue weighted by Gasteiger charge is 2.24. The van der Waals surface area contributed by atoms with Crippen molar-refractivity contribution in [2.24, 2.45) is 5.92 Å². The molecule has 0 N–H and O–H groups in total. The predicted molar refractivity (Wildman–Crippen MR) is 85.2 cm³/mol. The third-order valence-electron chi connectivity index (χ3n) is 4.02. The van der Waals surface area contributed by atoms with Crippen LogP contribution in [0.2, 0.25) is 0 Å². The van der Waals surface area contributed by atoms with E-state index in [-0.39, 0.29) is 0 Å². The van der Waals surface area contributed by atoms with Crippen LogP contribution >= 0.6 is 11.6 Å². The Morgan fingerprint density at radius 3 is 2.53 bits per heavy atom. The average Bonchev–Trinajstić information content (AvgIpc) is 2.89. The molecule has 0 saturated heterocycles. The summed E-state index contributed by atoms with van der Waals surface area (Å²) in [6.45, 7) is 7.88. The second-order valence-corrected chi connectivity index (χ2v) is 6.52. The molecule has 2 heteroatoms. The van der Waals surface area contributed by atoms with Crippen molar-refractivity contribution in [3.05, 3.63) is 29.3 Å². The van der Waals surface area contributed by atoms with E-state index in [4.69, 9.17) is 11.6 Å². The van der Waals surface area contributed by atoms with Crippen molar-refractivity contribution in [1.29, 1.82) is 0 Å². The highest BCUT2D eigenvalue weighted by atomic mass is 35.5. The summed E-state index contributed by atoms with van der Waals surface area (Å²) in [6.07, 6.45) is 5.42. The van der Waals surface area contributed by atoms with E-state index < -0.39 is 0 Å². The Balaban J connectivity index is 2.30. The molecule has 0 spiro atoms. The highest BCUT2D eigenvalue weighted by molar-refractivity contribution is 6.17. The zero-order chi connectivity index (χ0) is 13.8. The fourth-order valence-electron chi connectivity index (χ4n) is 3.15. The Kier molecular flexibility index (Phi) is 5.15. The molecule has 1 aromatic carbocycles. The molecular formula is C17H26ClN. The monoisotopic (exact) mass is 279 g/mol. The van der Waals surface area contributed by atoms with E-state index >= 15 is 0 Å². The van der Waals surface area contributed by atoms with E-state index in [1.54, 1.807) is 0 Å². The molecule has 106 valence electrons. The van der Waals surface area contributed by atoms with E-state index in [2.05, 4.69) is 43.9 Å². The Hall–Kier alpha value is -0.690. The Morgan fingerprint density at radius 1 is 1.26 bits per heavy atom. The smallest absolute Gasteiger partial charge is 0.0494 e. The third kappa shape index (κ3) is 3.66. The first-order valence-electron chi connectivity index (χ1n) is 7.54. The lowest BCUT2D eigenvalue weighted by Gasteiger charge is -2.34. The molecule has 1 aliphatic carbocycles. The van der Waals surface area contributed by atoms with Gasteiger partial charge in [-0.3, -0.25) is 0 Å². The molecule has 1 saturated carbocycles. The summed E-state index contributed by atoms with van der Waals surface area (Å²) < 4.78 is 0. The van der Waals surface area contributed by atoms with Crippen LogP contribution in [0.15, 0.2) is 18.2 Å². The van der Waals surface area contributed by atoms with Crippen LogP contribution in [0.25, 0.3) is 0 Å². The van der Waals surface area contributed by atoms with Gasteiger partial charge in [0.15, 0.2) is 0 Å². The predicted octanol–water partition coefficient (Wildman–Crippen LogP) is 5.14. The van der Waals surface area contributed by atoms with Gasteiger partial charge in [-0.1, -0.05) is 44.4 Å². The Labute approximate surface area is 123 Å². The number of alkyl halides is 1. The van der Waals surface area contributed by atoms with Crippen molar-refractivity contribution in [2.45, 2.75) is 58.4 Å². The molecule has 0 radical (unpaired) electrons. The average molecular weight is 280 g/mol. The molecule has 1 aliphatic rings. The van der Waals surface area contributed by atoms with Crippen molar-refractivity contribution < 1.29 is 0 Å². The van der Waals surface area contributed by atoms with Gasteiger partial charge in [-0.25, -0.2) is 0 Å². The number of halogens is 1. The summed E-state index contributed by atoms with van der Waals surface area (Å²) in [5, 5.41) is 0. The summed E-state index contributed by atoms with van der Waals surface area (Å²) in [5.74, 6) is 1.29. The molecule has 0 atom stereocenters. The second-order valence-electron chi connectivity index (χ2n) is 6.25. The maximum atomic E-state index is 6.16. The van der Waals surface area contributed by atoms with Crippen LogP contribution in [-0.2, 0) is 5.88 Å². The molecule has 0 bridgehead atoms. The largest absolute Gasteiger partial charge is 0.368 e. The molecule has 0 aliphatic heterocycles. The van der Waals surface area contributed by atoms with Gasteiger partial charge in [-0.15, -0.1) is 11.6 Å². The molecule has 19 heavy (non-hydrogen) atoms. The van der Waals surface area contributed by atoms with Gasteiger partial charge in [-0.2, -0.15) is 0 Å². The minimum atomic E-state index is 0.609. The fraction of sp³-hybridized carbons (Fsp3) is 0.647. The maximum absolute atomic E-state index is 6.16. The minimum Gasteiger partial charge on any atom is -0.368 e. The zero-order valence-corrected chi connectivity index (χ0v) is 13.2. The lowest BCUT2D eigenvalue weighted by molar-refractivity contribution is 0.535. The van der Waals surface area contributed by atoms with Crippen molar-refractivity contribution in [1.82, 2.24) is 0 Å². The molecular weight excluding hydrogens is 254 g/mol. The van der Waals surface area contributed by atoms with E-state index in [0.717, 1.165) is 6.54 Å². The van der Waals surface area contributed by atoms with Crippen LogP contribution in [-0.4, -0.2) is 12.6 Å². The van der Waals surface area contributed by atoms with E-state index in [9.17, 15) is 0 Å². The van der Waals surface area contributed by atoms with Gasteiger partial charge < -0.3 is 4.90 Å². The van der Waals surface area contributed by atoms with Gasteiger partial charge in [0.2, 0.25) is 0 Å². The topological polar surface area (TPSA) is 3.24 Å². The van der Waals surface area contributed by atoms with E-state index in [1.807, 2.05) is 0 Å². The number of anilines is 1. The van der Waals surface area contributed by atoms with E-state index in [1.165, 1.54) is 42.5 Å². The lowest BCUT2D eigenvalue weighted by atomic mass is 10.0. The first-order chi connectivity index (χ1) is 9.11. The Bertz CT molecular complexity index is 408. The minimum absolute atomic E-state index is 0.609. The van der Waals surface area contributed by atoms with Crippen LogP contribution in [0.5, 0.6) is 0 Å². The molecule has 1 fully saturated rings. The first kappa shape index (κ1) is 14.7. The fourth-order valence-corrected chi connectivity index (χ4v) is 3.37. The first-order valence-corrected chi connectivity index (χ1v) is 8.07. The number of hydrogen-bond acceptors (Lipinski definition) is 1. The zero-order valence-electron chi connectivity index (χ0n) is 12.5. The summed E-state index contributed by atoms with van der Waals surface area (Å²) in [4.78, 5) is 2.62. The molecule has 0 amide bonds. The van der Waals surface area contributed by atoms with Gasteiger partial charge in [-0.05, 0) is 37.3 Å². The molecule has 1 aromatic rings. The quantitative estimate of drug-likeness (QED) is 0.675. The number of nitrogens with zero attached hydrogens (tertiary/aromatic N) is 1. The van der Waals surface area contributed by atoms with Gasteiger partial charge in [0.1, 0.15) is 0 Å². The van der Waals surface area contributed by atoms with Crippen molar-refractivity contribution in [2.75, 3.05) is 11.4 Å². The SMILES string of the molecule is Cc1ccc(N(CC(C)C)C2CCCC2)c(CCl)c1. The van der Waals surface area contributed by atoms with Crippen LogP contribution in [0.3, 0.4) is 0 Å². The third-order valence-corrected chi connectivity index (χ3v) is 4.30. The number of benzene rings is 1. The summed E-state index contributed by atoms with van der Waals surface area (Å²) >= 11 is 6.16. The molecule has 2 rings (SSSR count). The lowest BCUT2D eigenvalue weighted by Crippen LogP contribution is -2.36. The summed E-state index contributed by atoms with van der Waals surface area (Å²) in [5.41, 5.74) is 3.95. The van der Waals surface area contributed by atoms with Gasteiger partial charge in [0.25, 0.3) is 0 Å². The van der Waals surface area contributed by atoms with E-state index in [0.29, 0.717) is 17.8 Å². The number of rotatable bonds is 5. The van der Waals surface area contributed by atoms with Gasteiger partial charge >= 0.3 is 0 Å². The number of aryl methyl sites for hydroxylation is 1. The second kappa shape index (κ2) is 6.65. The van der Waals surface area contributed by atoms with Crippen molar-refractivity contribution in [3.63, 3.8) is 0 Å². The summed E-state index contributed by atoms with van der Waals surface area (Å²) in [6, 6.07) is 7.44. The standard InChI is InChI=1S/C17H26ClN/c1-13(2)12-19(16-6-4-5-7-16)17-9-8-14(3)10-15(17)11-18/h8-10,13,16H,4-7,11-12H2,1-3H3. The van der Waals surface area contributed by atoms with Crippen LogP contribution in [0.1, 0.15) is 50.7 Å². The molecule has 1 nitrogen and oxygen atoms in total. The number of hydrogen-bond donors (Lipinski definition) is 0. The van der Waals surface area contributed by atoms with Crippen molar-refractivity contribution >= 4 is 17.3 Å². The van der Waals surface area contributed by atoms with Crippen LogP contribution < -0.4 is 4.90 Å². The van der Waals surface area contributed by atoms with Gasteiger partial charge in [0, 0.05) is 24.2 Å². The van der Waals surface area contributed by atoms with Crippen LogP contribution in [0.4, 0.5) is 5.69 Å². The van der Waals surface area contributed by atoms with Gasteiger partial charge in [0.05, 0.1) is 0 Å². The Morgan fingerprint density at radius 2 is 1.95 bits per heavy atom. The summed E-state index contributed by atoms with van der Waals surface area (Å²) in [7, 11) is 0. The molecule has 0 unspecified atom stereocenters. The highest BCUT2D eigenvalue weighted by Crippen LogP contribution is 2.32.